The average molecular weight is 321 g/mol. The number of halogens is 1. The first-order valence-electron chi connectivity index (χ1n) is 6.43. The van der Waals surface area contributed by atoms with Gasteiger partial charge in [-0.2, -0.15) is 0 Å². The molecule has 1 aromatic heterocycles. The van der Waals surface area contributed by atoms with Crippen molar-refractivity contribution in [1.82, 2.24) is 10.2 Å². The third-order valence-corrected chi connectivity index (χ3v) is 4.85. The van der Waals surface area contributed by atoms with Gasteiger partial charge in [-0.1, -0.05) is 29.8 Å². The molecule has 1 fully saturated rings. The van der Waals surface area contributed by atoms with Crippen LogP contribution in [0.4, 0.5) is 4.79 Å². The molecule has 2 heterocycles. The van der Waals surface area contributed by atoms with Gasteiger partial charge in [0.25, 0.3) is 5.91 Å². The Balaban J connectivity index is 1.88. The Morgan fingerprint density at radius 2 is 2.10 bits per heavy atom. The third kappa shape index (κ3) is 2.43. The first-order valence-corrected chi connectivity index (χ1v) is 7.69. The van der Waals surface area contributed by atoms with E-state index in [0.717, 1.165) is 10.4 Å². The molecule has 0 aliphatic carbocycles. The van der Waals surface area contributed by atoms with Gasteiger partial charge in [0, 0.05) is 9.90 Å². The minimum atomic E-state index is -0.982. The van der Waals surface area contributed by atoms with Crippen LogP contribution in [-0.4, -0.2) is 16.8 Å². The van der Waals surface area contributed by atoms with Crippen molar-refractivity contribution in [3.05, 3.63) is 57.2 Å². The zero-order valence-corrected chi connectivity index (χ0v) is 12.9. The monoisotopic (exact) mass is 320 g/mol. The Morgan fingerprint density at radius 3 is 2.76 bits per heavy atom. The molecule has 1 unspecified atom stereocenters. The normalized spacial score (nSPS) is 21.7. The number of hydrogen-bond donors (Lipinski definition) is 1. The van der Waals surface area contributed by atoms with E-state index < -0.39 is 5.54 Å². The number of amides is 3. The van der Waals surface area contributed by atoms with Crippen molar-refractivity contribution in [2.45, 2.75) is 19.0 Å². The summed E-state index contributed by atoms with van der Waals surface area (Å²) in [6.07, 6.45) is 0. The van der Waals surface area contributed by atoms with Gasteiger partial charge in [-0.25, -0.2) is 4.79 Å². The molecule has 1 atom stereocenters. The minimum Gasteiger partial charge on any atom is -0.319 e. The quantitative estimate of drug-likeness (QED) is 0.881. The van der Waals surface area contributed by atoms with Crippen molar-refractivity contribution in [2.75, 3.05) is 0 Å². The van der Waals surface area contributed by atoms with Crippen molar-refractivity contribution < 1.29 is 9.59 Å². The Morgan fingerprint density at radius 1 is 1.29 bits per heavy atom. The van der Waals surface area contributed by atoms with E-state index in [9.17, 15) is 9.59 Å². The fourth-order valence-electron chi connectivity index (χ4n) is 2.39. The predicted octanol–water partition coefficient (Wildman–Crippen LogP) is 3.37. The summed E-state index contributed by atoms with van der Waals surface area (Å²) in [5.41, 5.74) is -0.162. The van der Waals surface area contributed by atoms with Crippen LogP contribution >= 0.6 is 22.9 Å². The first-order chi connectivity index (χ1) is 10.0. The van der Waals surface area contributed by atoms with Gasteiger partial charge in [0.1, 0.15) is 0 Å². The lowest BCUT2D eigenvalue weighted by Gasteiger charge is -2.20. The second-order valence-electron chi connectivity index (χ2n) is 5.05. The van der Waals surface area contributed by atoms with Gasteiger partial charge in [-0.05, 0) is 36.1 Å². The van der Waals surface area contributed by atoms with E-state index in [1.54, 1.807) is 25.1 Å². The number of nitrogens with zero attached hydrogens (tertiary/aromatic N) is 1. The van der Waals surface area contributed by atoms with E-state index in [1.807, 2.05) is 23.6 Å². The van der Waals surface area contributed by atoms with Gasteiger partial charge in [-0.3, -0.25) is 9.69 Å². The van der Waals surface area contributed by atoms with E-state index in [0.29, 0.717) is 5.02 Å². The molecule has 4 nitrogen and oxygen atoms in total. The van der Waals surface area contributed by atoms with Crippen molar-refractivity contribution in [3.63, 3.8) is 0 Å². The maximum atomic E-state index is 12.6. The van der Waals surface area contributed by atoms with Crippen LogP contribution in [0.5, 0.6) is 0 Å². The van der Waals surface area contributed by atoms with Gasteiger partial charge in [-0.15, -0.1) is 11.3 Å². The highest BCUT2D eigenvalue weighted by molar-refractivity contribution is 7.10. The van der Waals surface area contributed by atoms with Crippen LogP contribution in [0.25, 0.3) is 0 Å². The zero-order valence-electron chi connectivity index (χ0n) is 11.3. The molecule has 0 spiro atoms. The fraction of sp³-hybridized carbons (Fsp3) is 0.200. The molecule has 2 aromatic rings. The summed E-state index contributed by atoms with van der Waals surface area (Å²) in [7, 11) is 0. The van der Waals surface area contributed by atoms with E-state index in [2.05, 4.69) is 5.32 Å². The van der Waals surface area contributed by atoms with Crippen molar-refractivity contribution >= 4 is 34.9 Å². The number of carbonyl (C=O) groups is 2. The second-order valence-corrected chi connectivity index (χ2v) is 6.44. The van der Waals surface area contributed by atoms with E-state index >= 15 is 0 Å². The second kappa shape index (κ2) is 5.16. The predicted molar refractivity (Wildman–Crippen MR) is 82.2 cm³/mol. The van der Waals surface area contributed by atoms with Gasteiger partial charge in [0.2, 0.25) is 0 Å². The number of nitrogens with one attached hydrogen (secondary N) is 1. The maximum Gasteiger partial charge on any atom is 0.325 e. The molecular formula is C15H13ClN2O2S. The molecule has 1 aromatic carbocycles. The molecule has 0 saturated carbocycles. The molecule has 1 N–H and O–H groups in total. The van der Waals surface area contributed by atoms with Crippen molar-refractivity contribution in [3.8, 4) is 0 Å². The van der Waals surface area contributed by atoms with Crippen LogP contribution in [0.1, 0.15) is 17.4 Å². The Labute approximate surface area is 131 Å². The Hall–Kier alpha value is -1.85. The van der Waals surface area contributed by atoms with Crippen LogP contribution < -0.4 is 5.32 Å². The lowest BCUT2D eigenvalue weighted by Crippen LogP contribution is -2.40. The molecule has 6 heteroatoms. The number of benzene rings is 1. The van der Waals surface area contributed by atoms with Crippen molar-refractivity contribution in [2.24, 2.45) is 0 Å². The molecule has 1 aliphatic rings. The lowest BCUT2D eigenvalue weighted by molar-refractivity contribution is -0.131. The number of urea groups is 1. The standard InChI is InChI=1S/C15H13ClN2O2S/c1-15(12-6-3-7-21-12)13(19)18(14(20)17-15)9-10-4-2-5-11(16)8-10/h2-8H,9H2,1H3,(H,17,20). The van der Waals surface area contributed by atoms with E-state index in [4.69, 9.17) is 11.6 Å². The highest BCUT2D eigenvalue weighted by Gasteiger charge is 2.49. The molecule has 108 valence electrons. The topological polar surface area (TPSA) is 49.4 Å². The molecule has 3 rings (SSSR count). The number of hydrogen-bond acceptors (Lipinski definition) is 3. The molecule has 0 radical (unpaired) electrons. The average Bonchev–Trinajstić information content (AvgIpc) is 3.04. The van der Waals surface area contributed by atoms with Crippen LogP contribution in [0.2, 0.25) is 5.02 Å². The van der Waals surface area contributed by atoms with Gasteiger partial charge < -0.3 is 5.32 Å². The van der Waals surface area contributed by atoms with Gasteiger partial charge in [0.05, 0.1) is 6.54 Å². The van der Waals surface area contributed by atoms with Crippen LogP contribution in [0.3, 0.4) is 0 Å². The number of carbonyl (C=O) groups excluding carboxylic acids is 2. The molecule has 3 amide bonds. The smallest absolute Gasteiger partial charge is 0.319 e. The largest absolute Gasteiger partial charge is 0.325 e. The summed E-state index contributed by atoms with van der Waals surface area (Å²) < 4.78 is 0. The summed E-state index contributed by atoms with van der Waals surface area (Å²) in [6, 6.07) is 10.5. The van der Waals surface area contributed by atoms with Gasteiger partial charge in [0.15, 0.2) is 5.54 Å². The highest BCUT2D eigenvalue weighted by Crippen LogP contribution is 2.32. The van der Waals surface area contributed by atoms with Crippen LogP contribution in [0.15, 0.2) is 41.8 Å². The van der Waals surface area contributed by atoms with E-state index in [-0.39, 0.29) is 18.5 Å². The van der Waals surface area contributed by atoms with E-state index in [1.165, 1.54) is 16.2 Å². The zero-order chi connectivity index (χ0) is 15.0. The highest BCUT2D eigenvalue weighted by atomic mass is 35.5. The number of thiophene rings is 1. The number of rotatable bonds is 3. The molecule has 21 heavy (non-hydrogen) atoms. The Kier molecular flexibility index (Phi) is 3.47. The molecule has 1 saturated heterocycles. The van der Waals surface area contributed by atoms with Crippen LogP contribution in [0, 0.1) is 0 Å². The van der Waals surface area contributed by atoms with Crippen LogP contribution in [-0.2, 0) is 16.9 Å². The molecule has 1 aliphatic heterocycles. The summed E-state index contributed by atoms with van der Waals surface area (Å²) in [5, 5.41) is 5.25. The molecule has 0 bridgehead atoms. The summed E-state index contributed by atoms with van der Waals surface area (Å²) in [6.45, 7) is 1.95. The van der Waals surface area contributed by atoms with Gasteiger partial charge >= 0.3 is 6.03 Å². The Bertz CT molecular complexity index is 701. The maximum absolute atomic E-state index is 12.6. The SMILES string of the molecule is CC1(c2cccs2)NC(=O)N(Cc2cccc(Cl)c2)C1=O. The fourth-order valence-corrected chi connectivity index (χ4v) is 3.44. The van der Waals surface area contributed by atoms with Crippen molar-refractivity contribution in [1.29, 1.82) is 0 Å². The lowest BCUT2D eigenvalue weighted by atomic mass is 10.0. The molecular weight excluding hydrogens is 308 g/mol. The summed E-state index contributed by atoms with van der Waals surface area (Å²) in [5.74, 6) is -0.241. The minimum absolute atomic E-state index is 0.214. The number of imide groups is 1. The third-order valence-electron chi connectivity index (χ3n) is 3.52. The first kappa shape index (κ1) is 14.1. The summed E-state index contributed by atoms with van der Waals surface area (Å²) in [4.78, 5) is 26.8. The summed E-state index contributed by atoms with van der Waals surface area (Å²) >= 11 is 7.39.